The van der Waals surface area contributed by atoms with E-state index < -0.39 is 0 Å². The molecule has 0 spiro atoms. The Balaban J connectivity index is 2.41. The van der Waals surface area contributed by atoms with E-state index in [4.69, 9.17) is 4.74 Å². The van der Waals surface area contributed by atoms with Crippen molar-refractivity contribution in [3.63, 3.8) is 0 Å². The van der Waals surface area contributed by atoms with E-state index >= 15 is 0 Å². The third-order valence-corrected chi connectivity index (χ3v) is 2.97. The molecule has 0 fully saturated rings. The Kier molecular flexibility index (Phi) is 6.37. The van der Waals surface area contributed by atoms with Crippen molar-refractivity contribution < 1.29 is 4.74 Å². The van der Waals surface area contributed by atoms with E-state index in [0.717, 1.165) is 18.3 Å². The van der Waals surface area contributed by atoms with Crippen molar-refractivity contribution in [3.8, 4) is 5.88 Å². The third kappa shape index (κ3) is 5.02. The second-order valence-electron chi connectivity index (χ2n) is 4.24. The van der Waals surface area contributed by atoms with Crippen molar-refractivity contribution in [2.45, 2.75) is 39.5 Å². The summed E-state index contributed by atoms with van der Waals surface area (Å²) in [6.07, 6.45) is 6.57. The van der Waals surface area contributed by atoms with Gasteiger partial charge in [-0.05, 0) is 12.3 Å². The Hall–Kier alpha value is -1.32. The van der Waals surface area contributed by atoms with Crippen molar-refractivity contribution in [1.29, 1.82) is 0 Å². The van der Waals surface area contributed by atoms with Gasteiger partial charge in [0.05, 0.1) is 7.11 Å². The van der Waals surface area contributed by atoms with Gasteiger partial charge in [-0.3, -0.25) is 0 Å². The topological polar surface area (TPSA) is 47.0 Å². The summed E-state index contributed by atoms with van der Waals surface area (Å²) < 4.78 is 5.06. The van der Waals surface area contributed by atoms with Crippen molar-refractivity contribution >= 4 is 5.82 Å². The first-order valence-electron chi connectivity index (χ1n) is 6.40. The number of hydrogen-bond acceptors (Lipinski definition) is 4. The van der Waals surface area contributed by atoms with E-state index in [1.807, 2.05) is 6.07 Å². The zero-order valence-corrected chi connectivity index (χ0v) is 11.1. The first kappa shape index (κ1) is 13.7. The highest BCUT2D eigenvalue weighted by atomic mass is 16.5. The van der Waals surface area contributed by atoms with E-state index in [1.54, 1.807) is 7.11 Å². The van der Waals surface area contributed by atoms with Gasteiger partial charge in [-0.2, -0.15) is 0 Å². The van der Waals surface area contributed by atoms with Gasteiger partial charge in [-0.1, -0.05) is 33.1 Å². The van der Waals surface area contributed by atoms with Crippen LogP contribution in [0.2, 0.25) is 0 Å². The van der Waals surface area contributed by atoms with Crippen LogP contribution < -0.4 is 10.1 Å². The van der Waals surface area contributed by atoms with Gasteiger partial charge in [-0.15, -0.1) is 0 Å². The van der Waals surface area contributed by atoms with Crippen LogP contribution in [0.4, 0.5) is 5.82 Å². The van der Waals surface area contributed by atoms with Crippen molar-refractivity contribution in [1.82, 2.24) is 9.97 Å². The minimum absolute atomic E-state index is 0.601. The van der Waals surface area contributed by atoms with E-state index in [0.29, 0.717) is 5.88 Å². The standard InChI is InChI=1S/C13H23N3O/c1-4-6-7-11(5-2)9-14-12-8-13(17-3)16-10-15-12/h8,10-11H,4-7,9H2,1-3H3,(H,14,15,16). The summed E-state index contributed by atoms with van der Waals surface area (Å²) in [4.78, 5) is 8.15. The highest BCUT2D eigenvalue weighted by Crippen LogP contribution is 2.15. The summed E-state index contributed by atoms with van der Waals surface area (Å²) in [7, 11) is 1.61. The van der Waals surface area contributed by atoms with Crippen LogP contribution in [-0.4, -0.2) is 23.6 Å². The van der Waals surface area contributed by atoms with Crippen LogP contribution in [0.25, 0.3) is 0 Å². The second kappa shape index (κ2) is 7.87. The zero-order valence-electron chi connectivity index (χ0n) is 11.1. The van der Waals surface area contributed by atoms with Gasteiger partial charge in [-0.25, -0.2) is 9.97 Å². The minimum Gasteiger partial charge on any atom is -0.481 e. The molecule has 4 nitrogen and oxygen atoms in total. The average molecular weight is 237 g/mol. The van der Waals surface area contributed by atoms with Crippen LogP contribution in [0.5, 0.6) is 5.88 Å². The van der Waals surface area contributed by atoms with Gasteiger partial charge in [0.25, 0.3) is 0 Å². The molecule has 1 unspecified atom stereocenters. The number of methoxy groups -OCH3 is 1. The maximum Gasteiger partial charge on any atom is 0.218 e. The predicted octanol–water partition coefficient (Wildman–Crippen LogP) is 3.11. The fourth-order valence-corrected chi connectivity index (χ4v) is 1.74. The highest BCUT2D eigenvalue weighted by molar-refractivity contribution is 5.36. The molecular weight excluding hydrogens is 214 g/mol. The van der Waals surface area contributed by atoms with Crippen molar-refractivity contribution in [2.24, 2.45) is 5.92 Å². The summed E-state index contributed by atoms with van der Waals surface area (Å²) in [5, 5.41) is 3.35. The molecule has 1 atom stereocenters. The SMILES string of the molecule is CCCCC(CC)CNc1cc(OC)ncn1. The molecule has 0 saturated heterocycles. The fourth-order valence-electron chi connectivity index (χ4n) is 1.74. The molecule has 0 saturated carbocycles. The molecule has 0 aliphatic rings. The molecule has 0 aliphatic heterocycles. The molecule has 0 aromatic carbocycles. The number of rotatable bonds is 8. The molecule has 0 aliphatic carbocycles. The van der Waals surface area contributed by atoms with E-state index in [2.05, 4.69) is 29.1 Å². The van der Waals surface area contributed by atoms with Crippen LogP contribution in [0.1, 0.15) is 39.5 Å². The Labute approximate surface area is 104 Å². The van der Waals surface area contributed by atoms with Crippen molar-refractivity contribution in [3.05, 3.63) is 12.4 Å². The number of nitrogens with zero attached hydrogens (tertiary/aromatic N) is 2. The smallest absolute Gasteiger partial charge is 0.218 e. The normalized spacial score (nSPS) is 12.2. The molecule has 0 amide bonds. The maximum atomic E-state index is 5.06. The summed E-state index contributed by atoms with van der Waals surface area (Å²) in [5.74, 6) is 2.16. The molecule has 1 rings (SSSR count). The van der Waals surface area contributed by atoms with Crippen LogP contribution in [-0.2, 0) is 0 Å². The number of aromatic nitrogens is 2. The van der Waals surface area contributed by atoms with Crippen LogP contribution in [0, 0.1) is 5.92 Å². The highest BCUT2D eigenvalue weighted by Gasteiger charge is 2.06. The molecule has 1 N–H and O–H groups in total. The number of hydrogen-bond donors (Lipinski definition) is 1. The molecule has 0 bridgehead atoms. The Morgan fingerprint density at radius 3 is 2.82 bits per heavy atom. The minimum atomic E-state index is 0.601. The summed E-state index contributed by atoms with van der Waals surface area (Å²) >= 11 is 0. The lowest BCUT2D eigenvalue weighted by Gasteiger charge is -2.15. The monoisotopic (exact) mass is 237 g/mol. The number of anilines is 1. The van der Waals surface area contributed by atoms with Gasteiger partial charge < -0.3 is 10.1 Å². The lowest BCUT2D eigenvalue weighted by atomic mass is 9.99. The Morgan fingerprint density at radius 2 is 2.18 bits per heavy atom. The first-order chi connectivity index (χ1) is 8.30. The van der Waals surface area contributed by atoms with Gasteiger partial charge in [0.15, 0.2) is 0 Å². The molecule has 4 heteroatoms. The average Bonchev–Trinajstić information content (AvgIpc) is 2.39. The Morgan fingerprint density at radius 1 is 1.35 bits per heavy atom. The molecule has 1 aromatic heterocycles. The molecule has 17 heavy (non-hydrogen) atoms. The van der Waals surface area contributed by atoms with Crippen LogP contribution in [0.15, 0.2) is 12.4 Å². The van der Waals surface area contributed by atoms with Crippen LogP contribution in [0.3, 0.4) is 0 Å². The molecule has 1 aromatic rings. The number of unbranched alkanes of at least 4 members (excludes halogenated alkanes) is 1. The maximum absolute atomic E-state index is 5.06. The molecule has 96 valence electrons. The van der Waals surface area contributed by atoms with E-state index in [-0.39, 0.29) is 0 Å². The van der Waals surface area contributed by atoms with E-state index in [9.17, 15) is 0 Å². The van der Waals surface area contributed by atoms with Crippen LogP contribution >= 0.6 is 0 Å². The number of ether oxygens (including phenoxy) is 1. The summed E-state index contributed by atoms with van der Waals surface area (Å²) in [5.41, 5.74) is 0. The van der Waals surface area contributed by atoms with Gasteiger partial charge in [0.2, 0.25) is 5.88 Å². The predicted molar refractivity (Wildman–Crippen MR) is 70.4 cm³/mol. The summed E-state index contributed by atoms with van der Waals surface area (Å²) in [6.45, 7) is 5.44. The lowest BCUT2D eigenvalue weighted by Crippen LogP contribution is -2.14. The Bertz CT molecular complexity index is 317. The number of nitrogens with one attached hydrogen (secondary N) is 1. The molecule has 0 radical (unpaired) electrons. The largest absolute Gasteiger partial charge is 0.481 e. The van der Waals surface area contributed by atoms with Gasteiger partial charge in [0.1, 0.15) is 12.1 Å². The van der Waals surface area contributed by atoms with Gasteiger partial charge in [0, 0.05) is 12.6 Å². The van der Waals surface area contributed by atoms with Crippen molar-refractivity contribution in [2.75, 3.05) is 19.0 Å². The molecule has 1 heterocycles. The first-order valence-corrected chi connectivity index (χ1v) is 6.40. The molecular formula is C13H23N3O. The second-order valence-corrected chi connectivity index (χ2v) is 4.24. The zero-order chi connectivity index (χ0) is 12.5. The fraction of sp³-hybridized carbons (Fsp3) is 0.692. The quantitative estimate of drug-likeness (QED) is 0.754. The van der Waals surface area contributed by atoms with Gasteiger partial charge >= 0.3 is 0 Å². The third-order valence-electron chi connectivity index (χ3n) is 2.97. The van der Waals surface area contributed by atoms with E-state index in [1.165, 1.54) is 32.0 Å². The summed E-state index contributed by atoms with van der Waals surface area (Å²) in [6, 6.07) is 1.83. The lowest BCUT2D eigenvalue weighted by molar-refractivity contribution is 0.397.